The van der Waals surface area contributed by atoms with E-state index >= 15 is 0 Å². The molecule has 4 rings (SSSR count). The minimum atomic E-state index is -3.77. The third-order valence-corrected chi connectivity index (χ3v) is 6.29. The molecule has 8 heteroatoms. The molecule has 0 saturated heterocycles. The summed E-state index contributed by atoms with van der Waals surface area (Å²) in [5.41, 5.74) is 2.09. The van der Waals surface area contributed by atoms with Crippen molar-refractivity contribution in [3.8, 4) is 0 Å². The van der Waals surface area contributed by atoms with Gasteiger partial charge in [-0.3, -0.25) is 14.5 Å². The number of nitrogens with one attached hydrogen (secondary N) is 2. The zero-order valence-electron chi connectivity index (χ0n) is 15.5. The van der Waals surface area contributed by atoms with Crippen molar-refractivity contribution in [1.82, 2.24) is 4.98 Å². The summed E-state index contributed by atoms with van der Waals surface area (Å²) >= 11 is 3.28. The summed E-state index contributed by atoms with van der Waals surface area (Å²) in [5.74, 6) is -0.345. The van der Waals surface area contributed by atoms with Crippen LogP contribution in [-0.4, -0.2) is 19.3 Å². The second kappa shape index (κ2) is 8.25. The molecule has 0 fully saturated rings. The molecule has 6 nitrogen and oxygen atoms in total. The monoisotopic (exact) mass is 481 g/mol. The van der Waals surface area contributed by atoms with Crippen LogP contribution in [0.1, 0.15) is 10.4 Å². The van der Waals surface area contributed by atoms with Crippen molar-refractivity contribution in [2.45, 2.75) is 4.90 Å². The fourth-order valence-electron chi connectivity index (χ4n) is 2.91. The summed E-state index contributed by atoms with van der Waals surface area (Å²) in [7, 11) is -3.77. The zero-order chi connectivity index (χ0) is 21.1. The summed E-state index contributed by atoms with van der Waals surface area (Å²) < 4.78 is 28.4. The maximum Gasteiger partial charge on any atom is 0.261 e. The summed E-state index contributed by atoms with van der Waals surface area (Å²) in [6, 6.07) is 21.8. The second-order valence-electron chi connectivity index (χ2n) is 6.51. The highest BCUT2D eigenvalue weighted by atomic mass is 79.9. The molecule has 1 heterocycles. The maximum absolute atomic E-state index is 12.7. The number of pyridine rings is 1. The molecule has 0 aliphatic heterocycles. The second-order valence-corrected chi connectivity index (χ2v) is 9.10. The first-order valence-corrected chi connectivity index (χ1v) is 11.2. The van der Waals surface area contributed by atoms with Crippen molar-refractivity contribution >= 4 is 54.1 Å². The third kappa shape index (κ3) is 4.50. The number of anilines is 2. The van der Waals surface area contributed by atoms with Crippen LogP contribution in [0.25, 0.3) is 10.9 Å². The van der Waals surface area contributed by atoms with Crippen molar-refractivity contribution in [3.05, 3.63) is 95.1 Å². The SMILES string of the molecule is O=C(Nc1ccc2ncccc2c1)c1cccc(NS(=O)(=O)c2ccc(Br)cc2)c1. The quantitative estimate of drug-likeness (QED) is 0.417. The predicted octanol–water partition coefficient (Wildman–Crippen LogP) is 5.05. The third-order valence-electron chi connectivity index (χ3n) is 4.36. The minimum absolute atomic E-state index is 0.130. The average molecular weight is 482 g/mol. The first-order chi connectivity index (χ1) is 14.4. The molecule has 0 spiro atoms. The highest BCUT2D eigenvalue weighted by Crippen LogP contribution is 2.21. The van der Waals surface area contributed by atoms with Crippen molar-refractivity contribution in [2.75, 3.05) is 10.0 Å². The summed E-state index contributed by atoms with van der Waals surface area (Å²) in [6.07, 6.45) is 1.71. The van der Waals surface area contributed by atoms with Crippen LogP contribution in [0.5, 0.6) is 0 Å². The Morgan fingerprint density at radius 3 is 2.47 bits per heavy atom. The number of fused-ring (bicyclic) bond motifs is 1. The van der Waals surface area contributed by atoms with Gasteiger partial charge < -0.3 is 5.32 Å². The molecule has 0 bridgehead atoms. The first kappa shape index (κ1) is 20.1. The van der Waals surface area contributed by atoms with Gasteiger partial charge in [0.2, 0.25) is 0 Å². The predicted molar refractivity (Wildman–Crippen MR) is 121 cm³/mol. The Hall–Kier alpha value is -3.23. The molecule has 4 aromatic rings. The van der Waals surface area contributed by atoms with Gasteiger partial charge in [-0.2, -0.15) is 0 Å². The topological polar surface area (TPSA) is 88.2 Å². The normalized spacial score (nSPS) is 11.2. The standard InChI is InChI=1S/C22H16BrN3O3S/c23-17-6-9-20(10-7-17)30(28,29)26-19-5-1-3-16(14-19)22(27)25-18-8-11-21-15(13-18)4-2-12-24-21/h1-14,26H,(H,25,27). The fourth-order valence-corrected chi connectivity index (χ4v) is 4.22. The lowest BCUT2D eigenvalue weighted by Crippen LogP contribution is -2.15. The lowest BCUT2D eigenvalue weighted by atomic mass is 10.1. The van der Waals surface area contributed by atoms with Crippen molar-refractivity contribution in [3.63, 3.8) is 0 Å². The van der Waals surface area contributed by atoms with E-state index in [1.807, 2.05) is 24.3 Å². The summed E-state index contributed by atoms with van der Waals surface area (Å²) in [5, 5.41) is 3.74. The molecular weight excluding hydrogens is 466 g/mol. The van der Waals surface area contributed by atoms with Crippen LogP contribution in [0.2, 0.25) is 0 Å². The molecule has 30 heavy (non-hydrogen) atoms. The first-order valence-electron chi connectivity index (χ1n) is 8.95. The van der Waals surface area contributed by atoms with E-state index in [1.54, 1.807) is 42.6 Å². The molecule has 0 aliphatic rings. The minimum Gasteiger partial charge on any atom is -0.322 e. The van der Waals surface area contributed by atoms with E-state index < -0.39 is 10.0 Å². The number of hydrogen-bond donors (Lipinski definition) is 2. The molecule has 150 valence electrons. The van der Waals surface area contributed by atoms with Gasteiger partial charge in [-0.05, 0) is 66.7 Å². The Balaban J connectivity index is 1.53. The van der Waals surface area contributed by atoms with E-state index in [9.17, 15) is 13.2 Å². The van der Waals surface area contributed by atoms with Gasteiger partial charge >= 0.3 is 0 Å². The Kier molecular flexibility index (Phi) is 5.52. The molecular formula is C22H16BrN3O3S. The maximum atomic E-state index is 12.7. The van der Waals surface area contributed by atoms with E-state index in [0.29, 0.717) is 16.9 Å². The number of hydrogen-bond acceptors (Lipinski definition) is 4. The van der Waals surface area contributed by atoms with Crippen molar-refractivity contribution in [1.29, 1.82) is 0 Å². The van der Waals surface area contributed by atoms with Gasteiger partial charge in [0.1, 0.15) is 0 Å². The number of aromatic nitrogens is 1. The van der Waals surface area contributed by atoms with Gasteiger partial charge in [-0.15, -0.1) is 0 Å². The van der Waals surface area contributed by atoms with Gasteiger partial charge in [-0.1, -0.05) is 28.1 Å². The fraction of sp³-hybridized carbons (Fsp3) is 0. The molecule has 2 N–H and O–H groups in total. The highest BCUT2D eigenvalue weighted by Gasteiger charge is 2.15. The smallest absolute Gasteiger partial charge is 0.261 e. The van der Waals surface area contributed by atoms with Crippen LogP contribution >= 0.6 is 15.9 Å². The number of halogens is 1. The zero-order valence-corrected chi connectivity index (χ0v) is 17.9. The molecule has 3 aromatic carbocycles. The Labute approximate surface area is 182 Å². The van der Waals surface area contributed by atoms with Crippen molar-refractivity contribution < 1.29 is 13.2 Å². The van der Waals surface area contributed by atoms with Gasteiger partial charge in [0.15, 0.2) is 0 Å². The Bertz CT molecular complexity index is 1340. The van der Waals surface area contributed by atoms with E-state index in [-0.39, 0.29) is 10.8 Å². The average Bonchev–Trinajstić information content (AvgIpc) is 2.74. The summed E-state index contributed by atoms with van der Waals surface area (Å²) in [6.45, 7) is 0. The van der Waals surface area contributed by atoms with E-state index in [0.717, 1.165) is 15.4 Å². The molecule has 0 radical (unpaired) electrons. The number of amides is 1. The van der Waals surface area contributed by atoms with Gasteiger partial charge in [0, 0.05) is 33.0 Å². The van der Waals surface area contributed by atoms with E-state index in [2.05, 4.69) is 31.0 Å². The van der Waals surface area contributed by atoms with Crippen LogP contribution in [0, 0.1) is 0 Å². The highest BCUT2D eigenvalue weighted by molar-refractivity contribution is 9.10. The lowest BCUT2D eigenvalue weighted by Gasteiger charge is -2.10. The van der Waals surface area contributed by atoms with E-state index in [1.165, 1.54) is 18.2 Å². The number of nitrogens with zero attached hydrogens (tertiary/aromatic N) is 1. The Morgan fingerprint density at radius 1 is 0.867 bits per heavy atom. The Morgan fingerprint density at radius 2 is 1.67 bits per heavy atom. The van der Waals surface area contributed by atoms with Crippen LogP contribution in [0.3, 0.4) is 0 Å². The number of carbonyl (C=O) groups is 1. The van der Waals surface area contributed by atoms with Crippen molar-refractivity contribution in [2.24, 2.45) is 0 Å². The summed E-state index contributed by atoms with van der Waals surface area (Å²) in [4.78, 5) is 17.1. The van der Waals surface area contributed by atoms with Gasteiger partial charge in [-0.25, -0.2) is 8.42 Å². The van der Waals surface area contributed by atoms with Crippen LogP contribution < -0.4 is 10.0 Å². The molecule has 0 aliphatic carbocycles. The van der Waals surface area contributed by atoms with Gasteiger partial charge in [0.25, 0.3) is 15.9 Å². The molecule has 0 atom stereocenters. The number of benzene rings is 3. The van der Waals surface area contributed by atoms with Crippen LogP contribution in [0.15, 0.2) is 94.4 Å². The number of carbonyl (C=O) groups excluding carboxylic acids is 1. The van der Waals surface area contributed by atoms with Gasteiger partial charge in [0.05, 0.1) is 10.4 Å². The lowest BCUT2D eigenvalue weighted by molar-refractivity contribution is 0.102. The molecule has 1 aromatic heterocycles. The molecule has 0 saturated carbocycles. The van der Waals surface area contributed by atoms with Crippen LogP contribution in [0.4, 0.5) is 11.4 Å². The largest absolute Gasteiger partial charge is 0.322 e. The van der Waals surface area contributed by atoms with Crippen LogP contribution in [-0.2, 0) is 10.0 Å². The number of sulfonamides is 1. The van der Waals surface area contributed by atoms with E-state index in [4.69, 9.17) is 0 Å². The molecule has 1 amide bonds. The molecule has 0 unspecified atom stereocenters. The number of rotatable bonds is 5.